The summed E-state index contributed by atoms with van der Waals surface area (Å²) in [5.41, 5.74) is 5.91. The minimum atomic E-state index is 0.304. The van der Waals surface area contributed by atoms with E-state index in [1.54, 1.807) is 0 Å². The van der Waals surface area contributed by atoms with E-state index < -0.39 is 0 Å². The Hall–Kier alpha value is -1.85. The molecular formula is C30H40N4S. The second-order valence-electron chi connectivity index (χ2n) is 12.6. The Morgan fingerprint density at radius 3 is 2.54 bits per heavy atom. The van der Waals surface area contributed by atoms with E-state index in [2.05, 4.69) is 57.6 Å². The number of hydrogen-bond donors (Lipinski definition) is 2. The molecule has 4 nitrogen and oxygen atoms in total. The predicted molar refractivity (Wildman–Crippen MR) is 148 cm³/mol. The first-order chi connectivity index (χ1) is 17.0. The second-order valence-corrected chi connectivity index (χ2v) is 13.0. The lowest BCUT2D eigenvalue weighted by atomic mass is 9.53. The van der Waals surface area contributed by atoms with Gasteiger partial charge in [-0.1, -0.05) is 12.1 Å². The number of thiocarbonyl (C=S) groups is 1. The Morgan fingerprint density at radius 2 is 1.89 bits per heavy atom. The summed E-state index contributed by atoms with van der Waals surface area (Å²) in [5.74, 6) is 2.85. The van der Waals surface area contributed by atoms with E-state index in [9.17, 15) is 0 Å². The van der Waals surface area contributed by atoms with Crippen LogP contribution >= 0.6 is 12.2 Å². The van der Waals surface area contributed by atoms with Crippen LogP contribution in [0.4, 0.5) is 0 Å². The number of aromatic amines is 1. The van der Waals surface area contributed by atoms with Crippen molar-refractivity contribution in [2.45, 2.75) is 75.8 Å². The SMILES string of the molecule is CN1CCC[C@@H]1Cc1c[nH]c2ccc(C3=CCN(C(=S)NC45CC6CC(CC(C6)C4)C5)CC3)cc12. The Bertz CT molecular complexity index is 1130. The van der Waals surface area contributed by atoms with E-state index in [1.807, 2.05) is 0 Å². The van der Waals surface area contributed by atoms with Crippen molar-refractivity contribution in [3.63, 3.8) is 0 Å². The maximum atomic E-state index is 5.99. The molecule has 2 aliphatic heterocycles. The van der Waals surface area contributed by atoms with Gasteiger partial charge < -0.3 is 20.1 Å². The highest BCUT2D eigenvalue weighted by molar-refractivity contribution is 7.80. The average molecular weight is 489 g/mol. The summed E-state index contributed by atoms with van der Waals surface area (Å²) in [6, 6.07) is 7.70. The van der Waals surface area contributed by atoms with Gasteiger partial charge in [-0.15, -0.1) is 0 Å². The quantitative estimate of drug-likeness (QED) is 0.538. The van der Waals surface area contributed by atoms with Gasteiger partial charge in [0.1, 0.15) is 0 Å². The van der Waals surface area contributed by atoms with Crippen molar-refractivity contribution in [1.82, 2.24) is 20.1 Å². The summed E-state index contributed by atoms with van der Waals surface area (Å²) in [6.07, 6.45) is 18.0. The van der Waals surface area contributed by atoms with Crippen LogP contribution in [0.3, 0.4) is 0 Å². The molecule has 1 saturated heterocycles. The van der Waals surface area contributed by atoms with Crippen LogP contribution in [0.15, 0.2) is 30.5 Å². The molecule has 4 aliphatic carbocycles. The summed E-state index contributed by atoms with van der Waals surface area (Å²) in [4.78, 5) is 8.46. The third-order valence-electron chi connectivity index (χ3n) is 10.2. The number of aromatic nitrogens is 1. The molecular weight excluding hydrogens is 448 g/mol. The van der Waals surface area contributed by atoms with Gasteiger partial charge in [0.05, 0.1) is 0 Å². The molecule has 8 rings (SSSR count). The maximum Gasteiger partial charge on any atom is 0.169 e. The topological polar surface area (TPSA) is 34.3 Å². The molecule has 4 bridgehead atoms. The van der Waals surface area contributed by atoms with Crippen molar-refractivity contribution in [2.75, 3.05) is 26.7 Å². The van der Waals surface area contributed by atoms with Crippen molar-refractivity contribution < 1.29 is 0 Å². The van der Waals surface area contributed by atoms with E-state index in [-0.39, 0.29) is 0 Å². The highest BCUT2D eigenvalue weighted by Crippen LogP contribution is 2.55. The van der Waals surface area contributed by atoms with Gasteiger partial charge in [-0.25, -0.2) is 0 Å². The van der Waals surface area contributed by atoms with E-state index >= 15 is 0 Å². The molecule has 1 aromatic carbocycles. The standard InChI is InChI=1S/C30H40N4S/c1-33-8-2-3-26(33)14-25-19-31-28-5-4-24(15-27(25)28)23-6-9-34(10-7-23)29(35)32-30-16-20-11-21(17-30)13-22(12-20)18-30/h4-6,15,19-22,26,31H,2-3,7-14,16-18H2,1H3,(H,32,35)/t20?,21?,22?,26-,30?/m1/s1. The molecule has 2 N–H and O–H groups in total. The van der Waals surface area contributed by atoms with Gasteiger partial charge in [0.15, 0.2) is 5.11 Å². The molecule has 2 aromatic rings. The van der Waals surface area contributed by atoms with Gasteiger partial charge in [0.2, 0.25) is 0 Å². The van der Waals surface area contributed by atoms with Crippen LogP contribution in [-0.2, 0) is 6.42 Å². The van der Waals surface area contributed by atoms with Gasteiger partial charge in [0.25, 0.3) is 0 Å². The number of H-pyrrole nitrogens is 1. The third kappa shape index (κ3) is 4.13. The lowest BCUT2D eigenvalue weighted by Crippen LogP contribution is -2.62. The van der Waals surface area contributed by atoms with Crippen molar-refractivity contribution in [3.05, 3.63) is 41.6 Å². The highest BCUT2D eigenvalue weighted by Gasteiger charge is 2.51. The Balaban J connectivity index is 1.04. The smallest absolute Gasteiger partial charge is 0.169 e. The summed E-state index contributed by atoms with van der Waals surface area (Å²) in [6.45, 7) is 3.19. The first-order valence-corrected chi connectivity index (χ1v) is 14.5. The van der Waals surface area contributed by atoms with Crippen molar-refractivity contribution in [3.8, 4) is 0 Å². The van der Waals surface area contributed by atoms with Gasteiger partial charge >= 0.3 is 0 Å². The van der Waals surface area contributed by atoms with Gasteiger partial charge in [-0.3, -0.25) is 0 Å². The minimum absolute atomic E-state index is 0.304. The summed E-state index contributed by atoms with van der Waals surface area (Å²) >= 11 is 5.99. The van der Waals surface area contributed by atoms with Crippen LogP contribution in [0.2, 0.25) is 0 Å². The number of benzene rings is 1. The summed E-state index contributed by atoms with van der Waals surface area (Å²) < 4.78 is 0. The normalized spacial score (nSPS) is 34.5. The maximum absolute atomic E-state index is 5.99. The molecule has 5 fully saturated rings. The first kappa shape index (κ1) is 22.4. The molecule has 186 valence electrons. The molecule has 6 aliphatic rings. The zero-order valence-electron chi connectivity index (χ0n) is 21.2. The van der Waals surface area contributed by atoms with E-state index in [1.165, 1.54) is 85.5 Å². The molecule has 4 saturated carbocycles. The molecule has 35 heavy (non-hydrogen) atoms. The van der Waals surface area contributed by atoms with Gasteiger partial charge in [-0.2, -0.15) is 0 Å². The minimum Gasteiger partial charge on any atom is -0.361 e. The molecule has 1 aromatic heterocycles. The lowest BCUT2D eigenvalue weighted by Gasteiger charge is -2.57. The fourth-order valence-electron chi connectivity index (χ4n) is 8.72. The molecule has 0 amide bonds. The highest BCUT2D eigenvalue weighted by atomic mass is 32.1. The number of fused-ring (bicyclic) bond motifs is 1. The monoisotopic (exact) mass is 488 g/mol. The second kappa shape index (κ2) is 8.62. The van der Waals surface area contributed by atoms with Crippen LogP contribution in [0, 0.1) is 17.8 Å². The number of likely N-dealkylation sites (tertiary alicyclic amines) is 1. The Labute approximate surface area is 215 Å². The summed E-state index contributed by atoms with van der Waals surface area (Å²) in [7, 11) is 2.28. The van der Waals surface area contributed by atoms with Crippen LogP contribution in [-0.4, -0.2) is 58.2 Å². The number of nitrogens with one attached hydrogen (secondary N) is 2. The van der Waals surface area contributed by atoms with Crippen molar-refractivity contribution in [2.24, 2.45) is 17.8 Å². The molecule has 1 atom stereocenters. The van der Waals surface area contributed by atoms with E-state index in [0.717, 1.165) is 48.8 Å². The molecule has 3 heterocycles. The molecule has 0 unspecified atom stereocenters. The van der Waals surface area contributed by atoms with E-state index in [0.29, 0.717) is 11.6 Å². The zero-order valence-corrected chi connectivity index (χ0v) is 22.0. The molecule has 0 radical (unpaired) electrons. The number of nitrogens with zero attached hydrogens (tertiary/aromatic N) is 2. The fourth-order valence-corrected chi connectivity index (χ4v) is 9.11. The molecule has 0 spiro atoms. The Morgan fingerprint density at radius 1 is 1.11 bits per heavy atom. The first-order valence-electron chi connectivity index (χ1n) is 14.1. The predicted octanol–water partition coefficient (Wildman–Crippen LogP) is 5.74. The fraction of sp³-hybridized carbons (Fsp3) is 0.633. The number of likely N-dealkylation sites (N-methyl/N-ethyl adjacent to an activating group) is 1. The average Bonchev–Trinajstić information content (AvgIpc) is 3.43. The van der Waals surface area contributed by atoms with Crippen LogP contribution in [0.1, 0.15) is 68.9 Å². The Kier molecular flexibility index (Phi) is 5.51. The van der Waals surface area contributed by atoms with Crippen molar-refractivity contribution in [1.29, 1.82) is 0 Å². The number of rotatable bonds is 4. The van der Waals surface area contributed by atoms with Gasteiger partial charge in [0, 0.05) is 41.8 Å². The van der Waals surface area contributed by atoms with Crippen LogP contribution in [0.5, 0.6) is 0 Å². The van der Waals surface area contributed by atoms with Crippen LogP contribution < -0.4 is 5.32 Å². The third-order valence-corrected chi connectivity index (χ3v) is 10.5. The largest absolute Gasteiger partial charge is 0.361 e. The van der Waals surface area contributed by atoms with Crippen molar-refractivity contribution >= 4 is 33.8 Å². The summed E-state index contributed by atoms with van der Waals surface area (Å²) in [5, 5.41) is 6.35. The van der Waals surface area contributed by atoms with Crippen LogP contribution in [0.25, 0.3) is 16.5 Å². The zero-order chi connectivity index (χ0) is 23.6. The molecule has 5 heteroatoms. The van der Waals surface area contributed by atoms with E-state index in [4.69, 9.17) is 12.2 Å². The number of hydrogen-bond acceptors (Lipinski definition) is 2. The van der Waals surface area contributed by atoms with Gasteiger partial charge in [-0.05, 0) is 137 Å². The lowest BCUT2D eigenvalue weighted by molar-refractivity contribution is -0.0111.